The lowest BCUT2D eigenvalue weighted by Crippen LogP contribution is -2.33. The summed E-state index contributed by atoms with van der Waals surface area (Å²) in [5, 5.41) is 8.82. The summed E-state index contributed by atoms with van der Waals surface area (Å²) in [4.78, 5) is 11.5. The van der Waals surface area contributed by atoms with Crippen molar-refractivity contribution in [3.63, 3.8) is 0 Å². The maximum Gasteiger partial charge on any atom is 0.287 e. The van der Waals surface area contributed by atoms with Gasteiger partial charge in [-0.05, 0) is 31.4 Å². The van der Waals surface area contributed by atoms with Crippen molar-refractivity contribution < 1.29 is 0 Å². The number of nitrogen functional groups attached to an aromatic ring is 1. The molecule has 0 fully saturated rings. The summed E-state index contributed by atoms with van der Waals surface area (Å²) in [6.07, 6.45) is 0.768. The van der Waals surface area contributed by atoms with Gasteiger partial charge in [-0.15, -0.1) is 0 Å². The zero-order chi connectivity index (χ0) is 10.9. The Bertz CT molecular complexity index is 466. The van der Waals surface area contributed by atoms with Crippen molar-refractivity contribution in [3.8, 4) is 6.07 Å². The summed E-state index contributed by atoms with van der Waals surface area (Å²) in [5.74, 6) is 5.56. The second kappa shape index (κ2) is 3.54. The van der Waals surface area contributed by atoms with E-state index in [-0.39, 0.29) is 5.56 Å². The van der Waals surface area contributed by atoms with Crippen LogP contribution in [0.1, 0.15) is 29.3 Å². The first kappa shape index (κ1) is 10.3. The van der Waals surface area contributed by atoms with Crippen LogP contribution in [0.3, 0.4) is 0 Å². The van der Waals surface area contributed by atoms with E-state index in [0.717, 1.165) is 27.9 Å². The van der Waals surface area contributed by atoms with Gasteiger partial charge in [-0.2, -0.15) is 5.26 Å². The molecular weight excluding hydrogens is 178 g/mol. The fraction of sp³-hybridized carbons (Fsp3) is 0.400. The van der Waals surface area contributed by atoms with Crippen LogP contribution in [0.2, 0.25) is 0 Å². The van der Waals surface area contributed by atoms with Crippen LogP contribution in [0, 0.1) is 25.2 Å². The molecule has 0 amide bonds. The van der Waals surface area contributed by atoms with Gasteiger partial charge in [0.25, 0.3) is 5.56 Å². The zero-order valence-corrected chi connectivity index (χ0v) is 8.59. The predicted molar refractivity (Wildman–Crippen MR) is 54.4 cm³/mol. The number of aromatic nitrogens is 1. The van der Waals surface area contributed by atoms with Crippen LogP contribution in [0.5, 0.6) is 0 Å². The molecule has 0 saturated heterocycles. The molecule has 74 valence electrons. The third kappa shape index (κ3) is 1.27. The van der Waals surface area contributed by atoms with Crippen LogP contribution < -0.4 is 11.4 Å². The number of nitrogens with two attached hydrogens (primary N) is 1. The molecule has 0 aliphatic rings. The number of rotatable bonds is 1. The smallest absolute Gasteiger partial charge is 0.287 e. The molecule has 0 aromatic carbocycles. The quantitative estimate of drug-likeness (QED) is 0.661. The lowest BCUT2D eigenvalue weighted by Gasteiger charge is -2.12. The number of nitrogens with zero attached hydrogens (tertiary/aromatic N) is 2. The molecule has 0 aliphatic heterocycles. The molecule has 0 aliphatic carbocycles. The molecule has 14 heavy (non-hydrogen) atoms. The van der Waals surface area contributed by atoms with Crippen LogP contribution in [-0.2, 0) is 6.42 Å². The Morgan fingerprint density at radius 1 is 1.50 bits per heavy atom. The van der Waals surface area contributed by atoms with Gasteiger partial charge in [0.05, 0.1) is 0 Å². The summed E-state index contributed by atoms with van der Waals surface area (Å²) in [6.45, 7) is 5.54. The van der Waals surface area contributed by atoms with Crippen LogP contribution in [0.25, 0.3) is 0 Å². The monoisotopic (exact) mass is 191 g/mol. The van der Waals surface area contributed by atoms with Crippen molar-refractivity contribution in [1.82, 2.24) is 4.68 Å². The maximum absolute atomic E-state index is 11.5. The lowest BCUT2D eigenvalue weighted by molar-refractivity contribution is 0.841. The standard InChI is InChI=1S/C10H13N3O/c1-4-8-6(2)9(5-11)10(14)13(12)7(8)3/h4,12H2,1-3H3. The van der Waals surface area contributed by atoms with E-state index in [1.807, 2.05) is 13.0 Å². The molecule has 1 rings (SSSR count). The summed E-state index contributed by atoms with van der Waals surface area (Å²) in [5.41, 5.74) is 2.19. The number of pyridine rings is 1. The van der Waals surface area contributed by atoms with Gasteiger partial charge in [0, 0.05) is 5.69 Å². The minimum Gasteiger partial charge on any atom is -0.336 e. The van der Waals surface area contributed by atoms with Crippen LogP contribution >= 0.6 is 0 Å². The van der Waals surface area contributed by atoms with E-state index in [9.17, 15) is 4.79 Å². The number of hydrogen-bond donors (Lipinski definition) is 1. The van der Waals surface area contributed by atoms with Gasteiger partial charge in [-0.25, -0.2) is 4.68 Å². The van der Waals surface area contributed by atoms with E-state index in [1.54, 1.807) is 13.8 Å². The Kier molecular flexibility index (Phi) is 2.61. The van der Waals surface area contributed by atoms with E-state index < -0.39 is 5.56 Å². The topological polar surface area (TPSA) is 71.8 Å². The molecule has 0 radical (unpaired) electrons. The van der Waals surface area contributed by atoms with E-state index in [1.165, 1.54) is 0 Å². The van der Waals surface area contributed by atoms with Crippen molar-refractivity contribution in [2.24, 2.45) is 0 Å². The van der Waals surface area contributed by atoms with Gasteiger partial charge in [0.1, 0.15) is 11.6 Å². The molecule has 1 heterocycles. The van der Waals surface area contributed by atoms with Gasteiger partial charge < -0.3 is 5.84 Å². The van der Waals surface area contributed by atoms with Crippen molar-refractivity contribution in [3.05, 3.63) is 32.7 Å². The fourth-order valence-electron chi connectivity index (χ4n) is 1.65. The molecular formula is C10H13N3O. The summed E-state index contributed by atoms with van der Waals surface area (Å²) in [7, 11) is 0. The van der Waals surface area contributed by atoms with Crippen molar-refractivity contribution in [1.29, 1.82) is 5.26 Å². The van der Waals surface area contributed by atoms with E-state index in [4.69, 9.17) is 11.1 Å². The summed E-state index contributed by atoms with van der Waals surface area (Å²) < 4.78 is 1.05. The normalized spacial score (nSPS) is 9.86. The highest BCUT2D eigenvalue weighted by molar-refractivity contribution is 5.42. The minimum absolute atomic E-state index is 0.148. The largest absolute Gasteiger partial charge is 0.336 e. The highest BCUT2D eigenvalue weighted by atomic mass is 16.1. The Morgan fingerprint density at radius 2 is 2.07 bits per heavy atom. The van der Waals surface area contributed by atoms with E-state index in [2.05, 4.69) is 0 Å². The Balaban J connectivity index is 3.76. The van der Waals surface area contributed by atoms with Crippen molar-refractivity contribution >= 4 is 0 Å². The van der Waals surface area contributed by atoms with E-state index in [0.29, 0.717) is 0 Å². The first-order valence-electron chi connectivity index (χ1n) is 4.44. The second-order valence-corrected chi connectivity index (χ2v) is 3.20. The Hall–Kier alpha value is -1.76. The summed E-state index contributed by atoms with van der Waals surface area (Å²) >= 11 is 0. The average Bonchev–Trinajstić information content (AvgIpc) is 2.16. The van der Waals surface area contributed by atoms with Crippen LogP contribution in [0.4, 0.5) is 0 Å². The number of hydrogen-bond acceptors (Lipinski definition) is 3. The highest BCUT2D eigenvalue weighted by Crippen LogP contribution is 2.13. The van der Waals surface area contributed by atoms with Gasteiger partial charge in [0.15, 0.2) is 0 Å². The molecule has 0 bridgehead atoms. The van der Waals surface area contributed by atoms with Gasteiger partial charge in [-0.1, -0.05) is 6.92 Å². The van der Waals surface area contributed by atoms with Crippen molar-refractivity contribution in [2.75, 3.05) is 5.84 Å². The predicted octanol–water partition coefficient (Wildman–Crippen LogP) is 0.613. The van der Waals surface area contributed by atoms with Crippen molar-refractivity contribution in [2.45, 2.75) is 27.2 Å². The summed E-state index contributed by atoms with van der Waals surface area (Å²) in [6, 6.07) is 1.89. The van der Waals surface area contributed by atoms with Gasteiger partial charge in [-0.3, -0.25) is 4.79 Å². The molecule has 2 N–H and O–H groups in total. The molecule has 1 aromatic heterocycles. The molecule has 0 spiro atoms. The zero-order valence-electron chi connectivity index (χ0n) is 8.59. The van der Waals surface area contributed by atoms with Crippen LogP contribution in [0.15, 0.2) is 4.79 Å². The average molecular weight is 191 g/mol. The number of nitriles is 1. The maximum atomic E-state index is 11.5. The molecule has 4 heteroatoms. The molecule has 1 aromatic rings. The first-order chi connectivity index (χ1) is 6.54. The van der Waals surface area contributed by atoms with Crippen LogP contribution in [-0.4, -0.2) is 4.68 Å². The molecule has 4 nitrogen and oxygen atoms in total. The van der Waals surface area contributed by atoms with E-state index >= 15 is 0 Å². The van der Waals surface area contributed by atoms with Gasteiger partial charge >= 0.3 is 0 Å². The lowest BCUT2D eigenvalue weighted by atomic mass is 10.0. The molecule has 0 saturated carbocycles. The SMILES string of the molecule is CCc1c(C)c(C#N)c(=O)n(N)c1C. The molecule has 0 unspecified atom stereocenters. The Morgan fingerprint density at radius 3 is 2.50 bits per heavy atom. The third-order valence-electron chi connectivity index (χ3n) is 2.52. The minimum atomic E-state index is -0.417. The highest BCUT2D eigenvalue weighted by Gasteiger charge is 2.13. The first-order valence-corrected chi connectivity index (χ1v) is 4.44. The van der Waals surface area contributed by atoms with Gasteiger partial charge in [0.2, 0.25) is 0 Å². The Labute approximate surface area is 82.5 Å². The fourth-order valence-corrected chi connectivity index (χ4v) is 1.65. The third-order valence-corrected chi connectivity index (χ3v) is 2.52. The second-order valence-electron chi connectivity index (χ2n) is 3.20. The molecule has 0 atom stereocenters.